The minimum atomic E-state index is -1.72. The van der Waals surface area contributed by atoms with Crippen molar-refractivity contribution in [1.82, 2.24) is 10.4 Å². The Morgan fingerprint density at radius 3 is 2.47 bits per heavy atom. The topological polar surface area (TPSA) is 78.9 Å². The molecule has 1 fully saturated rings. The van der Waals surface area contributed by atoms with E-state index in [9.17, 15) is 9.00 Å². The Morgan fingerprint density at radius 2 is 2.07 bits per heavy atom. The van der Waals surface area contributed by atoms with Crippen molar-refractivity contribution in [3.8, 4) is 0 Å². The predicted molar refractivity (Wildman–Crippen MR) is 54.5 cm³/mol. The van der Waals surface area contributed by atoms with E-state index in [1.165, 1.54) is 7.11 Å². The summed E-state index contributed by atoms with van der Waals surface area (Å²) in [5, 5.41) is 8.66. The van der Waals surface area contributed by atoms with Gasteiger partial charge in [-0.05, 0) is 33.0 Å². The monoisotopic (exact) mass is 236 g/mol. The fraction of sp³-hybridized carbons (Fsp3) is 0.875. The first-order chi connectivity index (χ1) is 7.06. The lowest BCUT2D eigenvalue weighted by Gasteiger charge is -2.36. The average molecular weight is 236 g/mol. The Labute approximate surface area is 91.2 Å². The number of carbonyl (C=O) groups is 1. The van der Waals surface area contributed by atoms with Gasteiger partial charge in [0.1, 0.15) is 0 Å². The van der Waals surface area contributed by atoms with Crippen LogP contribution in [-0.4, -0.2) is 52.2 Å². The van der Waals surface area contributed by atoms with E-state index in [2.05, 4.69) is 0 Å². The molecule has 0 radical (unpaired) electrons. The number of likely N-dealkylation sites (tertiary alicyclic amines) is 1. The summed E-state index contributed by atoms with van der Waals surface area (Å²) < 4.78 is 15.3. The Morgan fingerprint density at radius 1 is 1.53 bits per heavy atom. The highest BCUT2D eigenvalue weighted by atomic mass is 32.2. The van der Waals surface area contributed by atoms with Gasteiger partial charge >= 0.3 is 0 Å². The molecule has 1 aliphatic heterocycles. The van der Waals surface area contributed by atoms with E-state index in [0.717, 1.165) is 0 Å². The Hall–Kier alpha value is -0.500. The van der Waals surface area contributed by atoms with Crippen LogP contribution < -0.4 is 5.48 Å². The summed E-state index contributed by atoms with van der Waals surface area (Å²) in [7, 11) is 3.22. The molecule has 6 nitrogen and oxygen atoms in total. The number of nitrogens with zero attached hydrogens (tertiary/aromatic N) is 1. The van der Waals surface area contributed by atoms with E-state index in [-0.39, 0.29) is 0 Å². The molecule has 0 aromatic rings. The van der Waals surface area contributed by atoms with Crippen LogP contribution >= 0.6 is 0 Å². The Kier molecular flexibility index (Phi) is 4.21. The quantitative estimate of drug-likeness (QED) is 0.499. The van der Waals surface area contributed by atoms with Crippen LogP contribution in [0.25, 0.3) is 0 Å². The number of hydrogen-bond donors (Lipinski definition) is 2. The van der Waals surface area contributed by atoms with Gasteiger partial charge in [-0.1, -0.05) is 0 Å². The van der Waals surface area contributed by atoms with Gasteiger partial charge in [-0.25, -0.2) is 9.69 Å². The van der Waals surface area contributed by atoms with E-state index in [0.29, 0.717) is 25.9 Å². The van der Waals surface area contributed by atoms with Gasteiger partial charge in [0.15, 0.2) is 15.8 Å². The average Bonchev–Trinajstić information content (AvgIpc) is 2.28. The van der Waals surface area contributed by atoms with E-state index in [1.807, 2.05) is 11.9 Å². The number of rotatable bonds is 3. The number of hydrogen-bond acceptors (Lipinski definition) is 5. The second-order valence-corrected chi connectivity index (χ2v) is 5.22. The largest absolute Gasteiger partial charge is 0.306 e. The molecule has 1 aliphatic rings. The maximum atomic E-state index is 11.7. The molecule has 0 bridgehead atoms. The van der Waals surface area contributed by atoms with Crippen molar-refractivity contribution < 1.29 is 18.4 Å². The van der Waals surface area contributed by atoms with Crippen molar-refractivity contribution in [3.05, 3.63) is 0 Å². The standard InChI is InChI=1S/C8H16N2O4S/c1-10-5-3-8(4-6-10,7(11)9-12)15(13)14-2/h12H,3-6H2,1-2H3,(H,9,11). The molecule has 0 aromatic carbocycles. The molecular weight excluding hydrogens is 220 g/mol. The molecule has 1 atom stereocenters. The summed E-state index contributed by atoms with van der Waals surface area (Å²) in [6, 6.07) is 0. The highest BCUT2D eigenvalue weighted by molar-refractivity contribution is 7.82. The molecule has 88 valence electrons. The summed E-state index contributed by atoms with van der Waals surface area (Å²) in [5.41, 5.74) is 1.58. The van der Waals surface area contributed by atoms with Crippen LogP contribution in [0.1, 0.15) is 12.8 Å². The van der Waals surface area contributed by atoms with Gasteiger partial charge in [0.2, 0.25) is 0 Å². The van der Waals surface area contributed by atoms with Crippen LogP contribution in [0, 0.1) is 0 Å². The van der Waals surface area contributed by atoms with Crippen molar-refractivity contribution in [1.29, 1.82) is 0 Å². The van der Waals surface area contributed by atoms with Gasteiger partial charge in [-0.3, -0.25) is 14.2 Å². The maximum absolute atomic E-state index is 11.7. The van der Waals surface area contributed by atoms with Crippen LogP contribution in [0.15, 0.2) is 0 Å². The summed E-state index contributed by atoms with van der Waals surface area (Å²) in [4.78, 5) is 13.6. The van der Waals surface area contributed by atoms with E-state index >= 15 is 0 Å². The third-order valence-corrected chi connectivity index (χ3v) is 4.31. The number of nitrogens with one attached hydrogen (secondary N) is 1. The Balaban J connectivity index is 2.87. The predicted octanol–water partition coefficient (Wildman–Crippen LogP) is -0.734. The fourth-order valence-corrected chi connectivity index (χ4v) is 2.74. The van der Waals surface area contributed by atoms with Crippen molar-refractivity contribution in [2.45, 2.75) is 17.6 Å². The Bertz CT molecular complexity index is 245. The first-order valence-corrected chi connectivity index (χ1v) is 5.74. The summed E-state index contributed by atoms with van der Waals surface area (Å²) >= 11 is -1.72. The molecule has 0 spiro atoms. The molecular formula is C8H16N2O4S. The minimum Gasteiger partial charge on any atom is -0.306 e. The molecule has 0 aliphatic carbocycles. The molecule has 7 heteroatoms. The molecule has 1 amide bonds. The van der Waals surface area contributed by atoms with Crippen molar-refractivity contribution >= 4 is 17.0 Å². The highest BCUT2D eigenvalue weighted by Crippen LogP contribution is 2.28. The minimum absolute atomic E-state index is 0.413. The van der Waals surface area contributed by atoms with E-state index in [1.54, 1.807) is 5.48 Å². The zero-order chi connectivity index (χ0) is 11.5. The molecule has 1 heterocycles. The van der Waals surface area contributed by atoms with Crippen LogP contribution in [0.4, 0.5) is 0 Å². The third-order valence-electron chi connectivity index (χ3n) is 2.78. The first-order valence-electron chi connectivity index (χ1n) is 4.66. The SMILES string of the molecule is COS(=O)C1(C(=O)NO)CCN(C)CC1. The molecule has 1 rings (SSSR count). The lowest BCUT2D eigenvalue weighted by molar-refractivity contribution is -0.133. The number of amides is 1. The van der Waals surface area contributed by atoms with Crippen molar-refractivity contribution in [3.63, 3.8) is 0 Å². The fourth-order valence-electron chi connectivity index (χ4n) is 1.71. The highest BCUT2D eigenvalue weighted by Gasteiger charge is 2.47. The van der Waals surface area contributed by atoms with Crippen molar-refractivity contribution in [2.75, 3.05) is 27.2 Å². The third kappa shape index (κ3) is 2.36. The van der Waals surface area contributed by atoms with E-state index < -0.39 is 21.7 Å². The second-order valence-electron chi connectivity index (χ2n) is 3.64. The molecule has 2 N–H and O–H groups in total. The summed E-state index contributed by atoms with van der Waals surface area (Å²) in [6.45, 7) is 1.31. The normalized spacial score (nSPS) is 23.4. The van der Waals surface area contributed by atoms with Crippen LogP contribution in [0.2, 0.25) is 0 Å². The van der Waals surface area contributed by atoms with Crippen LogP contribution in [0.5, 0.6) is 0 Å². The zero-order valence-corrected chi connectivity index (χ0v) is 9.67. The number of hydroxylamine groups is 1. The number of carbonyl (C=O) groups excluding carboxylic acids is 1. The van der Waals surface area contributed by atoms with Crippen LogP contribution in [-0.2, 0) is 20.1 Å². The van der Waals surface area contributed by atoms with Crippen LogP contribution in [0.3, 0.4) is 0 Å². The molecule has 1 unspecified atom stereocenters. The van der Waals surface area contributed by atoms with E-state index in [4.69, 9.17) is 9.39 Å². The second kappa shape index (κ2) is 5.02. The lowest BCUT2D eigenvalue weighted by atomic mass is 9.95. The molecule has 1 saturated heterocycles. The summed E-state index contributed by atoms with van der Waals surface area (Å²) in [5.74, 6) is -0.629. The van der Waals surface area contributed by atoms with Gasteiger partial charge in [-0.15, -0.1) is 0 Å². The van der Waals surface area contributed by atoms with Gasteiger partial charge in [0, 0.05) is 0 Å². The molecule has 0 aromatic heterocycles. The van der Waals surface area contributed by atoms with Gasteiger partial charge in [-0.2, -0.15) is 0 Å². The summed E-state index contributed by atoms with van der Waals surface area (Å²) in [6.07, 6.45) is 0.826. The van der Waals surface area contributed by atoms with Gasteiger partial charge in [0.25, 0.3) is 5.91 Å². The van der Waals surface area contributed by atoms with Gasteiger partial charge in [0.05, 0.1) is 7.11 Å². The first kappa shape index (κ1) is 12.6. The van der Waals surface area contributed by atoms with Crippen molar-refractivity contribution in [2.24, 2.45) is 0 Å². The zero-order valence-electron chi connectivity index (χ0n) is 8.86. The molecule has 0 saturated carbocycles. The lowest BCUT2D eigenvalue weighted by Crippen LogP contribution is -2.55. The maximum Gasteiger partial charge on any atom is 0.264 e. The van der Waals surface area contributed by atoms with Gasteiger partial charge < -0.3 is 4.90 Å². The number of piperidine rings is 1. The smallest absolute Gasteiger partial charge is 0.264 e. The molecule has 15 heavy (non-hydrogen) atoms.